The lowest BCUT2D eigenvalue weighted by molar-refractivity contribution is -0.130. The number of Topliss-reactive ketones (excluding diaryl/α,β-unsaturated/α-hetero) is 1. The van der Waals surface area contributed by atoms with Crippen molar-refractivity contribution in [3.63, 3.8) is 0 Å². The second-order valence-corrected chi connectivity index (χ2v) is 8.91. The third kappa shape index (κ3) is 5.05. The van der Waals surface area contributed by atoms with Crippen LogP contribution in [0.5, 0.6) is 5.75 Å². The number of ketones is 1. The van der Waals surface area contributed by atoms with Crippen LogP contribution in [-0.4, -0.2) is 11.7 Å². The molecule has 0 spiro atoms. The Bertz CT molecular complexity index is 1320. The van der Waals surface area contributed by atoms with Gasteiger partial charge in [0.05, 0.1) is 12.0 Å². The molecule has 0 bridgehead atoms. The molecule has 1 fully saturated rings. The lowest BCUT2D eigenvalue weighted by Gasteiger charge is -2.47. The van der Waals surface area contributed by atoms with Crippen molar-refractivity contribution in [3.05, 3.63) is 132 Å². The van der Waals surface area contributed by atoms with Crippen molar-refractivity contribution in [2.45, 2.75) is 25.5 Å². The van der Waals surface area contributed by atoms with Gasteiger partial charge in [0.25, 0.3) is 0 Å². The lowest BCUT2D eigenvalue weighted by Crippen LogP contribution is -2.55. The van der Waals surface area contributed by atoms with Gasteiger partial charge in [-0.3, -0.25) is 9.59 Å². The van der Waals surface area contributed by atoms with E-state index in [1.165, 1.54) is 12.1 Å². The van der Waals surface area contributed by atoms with Gasteiger partial charge in [-0.05, 0) is 53.9 Å². The summed E-state index contributed by atoms with van der Waals surface area (Å²) in [6.07, 6.45) is 0.730. The lowest BCUT2D eigenvalue weighted by atomic mass is 9.78. The van der Waals surface area contributed by atoms with Crippen molar-refractivity contribution < 1.29 is 18.7 Å². The summed E-state index contributed by atoms with van der Waals surface area (Å²) in [5, 5.41) is 0. The van der Waals surface area contributed by atoms with Crippen LogP contribution in [0.4, 0.5) is 10.1 Å². The maximum absolute atomic E-state index is 13.5. The zero-order valence-corrected chi connectivity index (χ0v) is 19.7. The van der Waals surface area contributed by atoms with Crippen LogP contribution in [-0.2, 0) is 11.4 Å². The quantitative estimate of drug-likeness (QED) is 0.197. The SMILES string of the molecule is O=C(CCC1C(=O)N(c2ccc(F)cc2)C1c1ccc(OCc2ccccc2)cc1)c1ccccc1. The number of halogens is 1. The normalized spacial score (nSPS) is 16.9. The molecule has 2 unspecified atom stereocenters. The fourth-order valence-electron chi connectivity index (χ4n) is 4.66. The van der Waals surface area contributed by atoms with Crippen LogP contribution in [0.15, 0.2) is 109 Å². The third-order valence-electron chi connectivity index (χ3n) is 6.57. The average molecular weight is 480 g/mol. The van der Waals surface area contributed by atoms with Gasteiger partial charge in [0.2, 0.25) is 5.91 Å². The van der Waals surface area contributed by atoms with Crippen molar-refractivity contribution in [1.29, 1.82) is 0 Å². The number of ether oxygens (including phenoxy) is 1. The number of hydrogen-bond acceptors (Lipinski definition) is 3. The highest BCUT2D eigenvalue weighted by atomic mass is 19.1. The molecule has 180 valence electrons. The van der Waals surface area contributed by atoms with Gasteiger partial charge in [-0.15, -0.1) is 0 Å². The Morgan fingerprint density at radius 3 is 2.11 bits per heavy atom. The van der Waals surface area contributed by atoms with Crippen molar-refractivity contribution in [1.82, 2.24) is 0 Å². The number of nitrogens with zero attached hydrogens (tertiary/aromatic N) is 1. The predicted octanol–water partition coefficient (Wildman–Crippen LogP) is 6.77. The van der Waals surface area contributed by atoms with Gasteiger partial charge in [0, 0.05) is 17.7 Å². The van der Waals surface area contributed by atoms with Crippen LogP contribution in [0.3, 0.4) is 0 Å². The molecule has 0 radical (unpaired) electrons. The van der Waals surface area contributed by atoms with E-state index in [2.05, 4.69) is 0 Å². The van der Waals surface area contributed by atoms with Gasteiger partial charge in [0.1, 0.15) is 18.2 Å². The van der Waals surface area contributed by atoms with Gasteiger partial charge in [0.15, 0.2) is 5.78 Å². The minimum atomic E-state index is -0.354. The zero-order valence-electron chi connectivity index (χ0n) is 19.7. The van der Waals surface area contributed by atoms with Crippen LogP contribution in [0.1, 0.15) is 40.4 Å². The van der Waals surface area contributed by atoms with Crippen molar-refractivity contribution in [2.24, 2.45) is 5.92 Å². The predicted molar refractivity (Wildman–Crippen MR) is 137 cm³/mol. The summed E-state index contributed by atoms with van der Waals surface area (Å²) < 4.78 is 19.4. The molecule has 1 amide bonds. The second kappa shape index (κ2) is 10.6. The fraction of sp³-hybridized carbons (Fsp3) is 0.161. The highest BCUT2D eigenvalue weighted by molar-refractivity contribution is 6.04. The van der Waals surface area contributed by atoms with E-state index >= 15 is 0 Å². The Hall–Kier alpha value is -4.25. The minimum Gasteiger partial charge on any atom is -0.489 e. The van der Waals surface area contributed by atoms with Crippen LogP contribution in [0.2, 0.25) is 0 Å². The van der Waals surface area contributed by atoms with E-state index in [9.17, 15) is 14.0 Å². The Labute approximate surface area is 210 Å². The molecule has 2 atom stereocenters. The molecule has 5 heteroatoms. The molecule has 1 saturated heterocycles. The Kier molecular flexibility index (Phi) is 6.89. The summed E-state index contributed by atoms with van der Waals surface area (Å²) >= 11 is 0. The summed E-state index contributed by atoms with van der Waals surface area (Å²) in [6.45, 7) is 0.466. The van der Waals surface area contributed by atoms with E-state index < -0.39 is 0 Å². The molecular formula is C31H26FNO3. The van der Waals surface area contributed by atoms with Gasteiger partial charge < -0.3 is 9.64 Å². The van der Waals surface area contributed by atoms with Crippen LogP contribution >= 0.6 is 0 Å². The molecule has 0 saturated carbocycles. The molecule has 0 N–H and O–H groups in total. The first kappa shape index (κ1) is 23.5. The molecular weight excluding hydrogens is 453 g/mol. The molecule has 0 aromatic heterocycles. The summed E-state index contributed by atoms with van der Waals surface area (Å²) in [5.74, 6) is 0.00769. The summed E-state index contributed by atoms with van der Waals surface area (Å²) in [5.41, 5.74) is 3.32. The highest BCUT2D eigenvalue weighted by Crippen LogP contribution is 2.46. The molecule has 5 rings (SSSR count). The van der Waals surface area contributed by atoms with E-state index in [0.29, 0.717) is 24.3 Å². The van der Waals surface area contributed by atoms with E-state index in [-0.39, 0.29) is 35.9 Å². The third-order valence-corrected chi connectivity index (χ3v) is 6.57. The molecule has 0 aliphatic carbocycles. The van der Waals surface area contributed by atoms with Gasteiger partial charge in [-0.1, -0.05) is 72.8 Å². The molecule has 1 aliphatic heterocycles. The summed E-state index contributed by atoms with van der Waals surface area (Å²) in [6, 6.07) is 32.5. The molecule has 4 nitrogen and oxygen atoms in total. The molecule has 1 aliphatic rings. The Morgan fingerprint density at radius 1 is 0.806 bits per heavy atom. The van der Waals surface area contributed by atoms with E-state index in [4.69, 9.17) is 4.74 Å². The standard InChI is InChI=1S/C31H26FNO3/c32-25-13-15-26(16-14-25)33-30(28(31(33)35)19-20-29(34)23-9-5-2-6-10-23)24-11-17-27(18-12-24)36-21-22-7-3-1-4-8-22/h1-18,28,30H,19-21H2. The molecule has 4 aromatic carbocycles. The minimum absolute atomic E-state index is 0.0204. The first-order chi connectivity index (χ1) is 17.6. The number of anilines is 1. The number of rotatable bonds is 9. The molecule has 4 aromatic rings. The Morgan fingerprint density at radius 2 is 1.44 bits per heavy atom. The van der Waals surface area contributed by atoms with Crippen molar-refractivity contribution in [3.8, 4) is 5.75 Å². The summed E-state index contributed by atoms with van der Waals surface area (Å²) in [4.78, 5) is 27.6. The molecule has 36 heavy (non-hydrogen) atoms. The Balaban J connectivity index is 1.33. The number of carbonyl (C=O) groups excluding carboxylic acids is 2. The van der Waals surface area contributed by atoms with Gasteiger partial charge in [-0.25, -0.2) is 4.39 Å². The van der Waals surface area contributed by atoms with Crippen LogP contribution in [0.25, 0.3) is 0 Å². The first-order valence-electron chi connectivity index (χ1n) is 12.0. The largest absolute Gasteiger partial charge is 0.489 e. The maximum Gasteiger partial charge on any atom is 0.233 e. The van der Waals surface area contributed by atoms with E-state index in [1.54, 1.807) is 29.2 Å². The number of hydrogen-bond donors (Lipinski definition) is 0. The van der Waals surface area contributed by atoms with Gasteiger partial charge in [-0.2, -0.15) is 0 Å². The van der Waals surface area contributed by atoms with Crippen LogP contribution < -0.4 is 9.64 Å². The zero-order chi connectivity index (χ0) is 24.9. The smallest absolute Gasteiger partial charge is 0.233 e. The van der Waals surface area contributed by atoms with Crippen LogP contribution in [0, 0.1) is 11.7 Å². The number of benzene rings is 4. The summed E-state index contributed by atoms with van der Waals surface area (Å²) in [7, 11) is 0. The maximum atomic E-state index is 13.5. The van der Waals surface area contributed by atoms with Crippen molar-refractivity contribution in [2.75, 3.05) is 4.90 Å². The monoisotopic (exact) mass is 479 g/mol. The van der Waals surface area contributed by atoms with E-state index in [1.807, 2.05) is 72.8 Å². The average Bonchev–Trinajstić information content (AvgIpc) is 2.93. The second-order valence-electron chi connectivity index (χ2n) is 8.91. The topological polar surface area (TPSA) is 46.6 Å². The van der Waals surface area contributed by atoms with Gasteiger partial charge >= 0.3 is 0 Å². The number of carbonyl (C=O) groups is 2. The molecule has 1 heterocycles. The number of amides is 1. The van der Waals surface area contributed by atoms with E-state index in [0.717, 1.165) is 16.9 Å². The number of β-lactam (4-membered cyclic amide) rings is 1. The first-order valence-corrected chi connectivity index (χ1v) is 12.0. The fourth-order valence-corrected chi connectivity index (χ4v) is 4.66. The highest BCUT2D eigenvalue weighted by Gasteiger charge is 2.48. The van der Waals surface area contributed by atoms with Crippen molar-refractivity contribution >= 4 is 17.4 Å².